The van der Waals surface area contributed by atoms with Crippen LogP contribution in [0.25, 0.3) is 79.2 Å². The van der Waals surface area contributed by atoms with Crippen LogP contribution in [0.15, 0.2) is 170 Å². The molecule has 2 aliphatic carbocycles. The highest BCUT2D eigenvalue weighted by atomic mass is 35.5. The first-order chi connectivity index (χ1) is 40.6. The van der Waals surface area contributed by atoms with Crippen molar-refractivity contribution in [3.05, 3.63) is 204 Å². The number of aromatic nitrogens is 6. The smallest absolute Gasteiger partial charge is 0.408 e. The zero-order valence-electron chi connectivity index (χ0n) is 47.2. The van der Waals surface area contributed by atoms with Crippen molar-refractivity contribution in [1.29, 1.82) is 0 Å². The molecule has 0 radical (unpaired) electrons. The van der Waals surface area contributed by atoms with Gasteiger partial charge in [-0.1, -0.05) is 97.1 Å². The molecule has 16 heteroatoms. The Balaban J connectivity index is 0.000000160. The summed E-state index contributed by atoms with van der Waals surface area (Å²) in [7, 11) is 0. The minimum Gasteiger partial charge on any atom is -0.444 e. The Labute approximate surface area is 497 Å². The third-order valence-electron chi connectivity index (χ3n) is 16.2. The van der Waals surface area contributed by atoms with E-state index in [1.807, 2.05) is 136 Å². The van der Waals surface area contributed by atoms with Gasteiger partial charge < -0.3 is 26.4 Å². The maximum absolute atomic E-state index is 16.4. The Morgan fingerprint density at radius 1 is 0.607 bits per heavy atom. The van der Waals surface area contributed by atoms with Crippen LogP contribution >= 0.6 is 23.2 Å². The average Bonchev–Trinajstić information content (AvgIpc) is 1.88. The molecule has 6 aromatic carbocycles. The predicted octanol–water partition coefficient (Wildman–Crippen LogP) is 17.2. The van der Waals surface area contributed by atoms with E-state index < -0.39 is 22.8 Å². The van der Waals surface area contributed by atoms with Crippen LogP contribution in [0.5, 0.6) is 0 Å². The second-order valence-corrected chi connectivity index (χ2v) is 23.5. The maximum Gasteiger partial charge on any atom is 0.408 e. The standard InChI is InChI=1S/C36H34FN5O2.C31H26FN5.CH2Cl2/c1-22-11-5-6-12-24(22)30-31(42-29-15-9-20-38-32(29)39-28-14-8-7-13-25(28)33(42)40-30)23-16-17-26(27(37)21-23)36(18-10-19-36)41-34(43)44-35(2,3)4;1-19-8-2-3-9-21(19)27-28(20-13-14-23(24(32)18-20)31(33)15-7-16-31)37-26-12-6-17-34-29(26)35-25-11-5-4-10-22(25)30(37)36-27;2-1-3/h5-9,11-17,20-21H,10,18-19H2,1-4H3,(H,38,39)(H,41,43);2-6,8-14,17-18H,7,15-16,33H2,1H3,(H,34,35);1H2. The van der Waals surface area contributed by atoms with E-state index >= 15 is 8.78 Å². The van der Waals surface area contributed by atoms with Crippen LogP contribution in [0.4, 0.5) is 36.6 Å². The molecule has 5 N–H and O–H groups in total. The number of aryl methyl sites for hydroxylation is 2. The number of hydrogen-bond donors (Lipinski definition) is 4. The van der Waals surface area contributed by atoms with Gasteiger partial charge in [0.25, 0.3) is 0 Å². The highest BCUT2D eigenvalue weighted by Gasteiger charge is 2.44. The van der Waals surface area contributed by atoms with Gasteiger partial charge in [0.2, 0.25) is 0 Å². The molecular weight excluding hydrogens is 1100 g/mol. The number of amides is 1. The van der Waals surface area contributed by atoms with Gasteiger partial charge in [0.1, 0.15) is 28.9 Å². The van der Waals surface area contributed by atoms with Crippen molar-refractivity contribution in [2.75, 3.05) is 16.0 Å². The summed E-state index contributed by atoms with van der Waals surface area (Å²) in [5.74, 6) is 2.26. The van der Waals surface area contributed by atoms with E-state index in [1.165, 1.54) is 0 Å². The van der Waals surface area contributed by atoms with Gasteiger partial charge >= 0.3 is 6.09 Å². The Kier molecular flexibility index (Phi) is 14.9. The third-order valence-corrected chi connectivity index (χ3v) is 16.2. The first-order valence-corrected chi connectivity index (χ1v) is 29.2. The Bertz CT molecular complexity index is 4160. The molecule has 4 aromatic heterocycles. The maximum atomic E-state index is 16.4. The molecule has 2 fully saturated rings. The Morgan fingerprint density at radius 2 is 1.04 bits per heavy atom. The van der Waals surface area contributed by atoms with Crippen molar-refractivity contribution in [2.24, 2.45) is 5.73 Å². The van der Waals surface area contributed by atoms with Crippen molar-refractivity contribution in [3.8, 4) is 79.2 Å². The van der Waals surface area contributed by atoms with Gasteiger partial charge in [0.15, 0.2) is 11.6 Å². The van der Waals surface area contributed by atoms with E-state index in [0.717, 1.165) is 128 Å². The molecular formula is C68H62Cl2F2N10O2. The van der Waals surface area contributed by atoms with E-state index in [-0.39, 0.29) is 17.0 Å². The number of hydrogen-bond acceptors (Lipinski definition) is 9. The lowest BCUT2D eigenvalue weighted by Crippen LogP contribution is -2.52. The molecule has 424 valence electrons. The molecule has 4 aliphatic rings. The summed E-state index contributed by atoms with van der Waals surface area (Å²) in [5, 5.41) is 10.1. The van der Waals surface area contributed by atoms with Crippen molar-refractivity contribution in [1.82, 2.24) is 34.4 Å². The number of carbonyl (C=O) groups is 1. The number of alkyl carbamates (subject to hydrolysis) is 1. The number of nitrogens with zero attached hydrogens (tertiary/aromatic N) is 6. The van der Waals surface area contributed by atoms with E-state index in [0.29, 0.717) is 35.3 Å². The Morgan fingerprint density at radius 3 is 1.44 bits per heavy atom. The number of carbonyl (C=O) groups excluding carboxylic acids is 1. The molecule has 0 unspecified atom stereocenters. The fourth-order valence-corrected chi connectivity index (χ4v) is 11.9. The summed E-state index contributed by atoms with van der Waals surface area (Å²) < 4.78 is 41.8. The van der Waals surface area contributed by atoms with Gasteiger partial charge in [-0.05, 0) is 145 Å². The monoisotopic (exact) mass is 1160 g/mol. The molecule has 10 aromatic rings. The second kappa shape index (κ2) is 22.5. The molecule has 0 spiro atoms. The molecule has 2 aliphatic heterocycles. The van der Waals surface area contributed by atoms with Crippen molar-refractivity contribution >= 4 is 52.3 Å². The lowest BCUT2D eigenvalue weighted by molar-refractivity contribution is 0.0373. The highest BCUT2D eigenvalue weighted by Crippen LogP contribution is 2.49. The molecule has 2 saturated carbocycles. The zero-order valence-corrected chi connectivity index (χ0v) is 48.7. The Hall–Kier alpha value is -8.69. The minimum atomic E-state index is -0.808. The number of ether oxygens (including phenoxy) is 1. The van der Waals surface area contributed by atoms with Crippen LogP contribution in [0.1, 0.15) is 81.5 Å². The minimum absolute atomic E-state index is 0.194. The van der Waals surface area contributed by atoms with Gasteiger partial charge in [0, 0.05) is 62.4 Å². The van der Waals surface area contributed by atoms with Gasteiger partial charge in [0.05, 0.1) is 56.4 Å². The molecule has 0 bridgehead atoms. The number of alkyl halides is 2. The first-order valence-electron chi connectivity index (χ1n) is 28.1. The molecule has 14 rings (SSSR count). The number of nitrogens with one attached hydrogen (secondary N) is 3. The van der Waals surface area contributed by atoms with Crippen LogP contribution < -0.4 is 21.7 Å². The zero-order chi connectivity index (χ0) is 58.5. The summed E-state index contributed by atoms with van der Waals surface area (Å²) in [6.45, 7) is 9.58. The number of benzene rings is 6. The molecule has 1 amide bonds. The summed E-state index contributed by atoms with van der Waals surface area (Å²) in [6, 6.07) is 51.0. The SMILES string of the molecule is Cc1ccccc1-c1nc2n(c1-c1ccc(C3(N)CCC3)c(F)c1)-c1cccnc1Nc1ccccc1-2.Cc1ccccc1-c1nc2n(c1-c1ccc(C3(NC(=O)OC(C)(C)C)CCC3)c(F)c1)-c1cccnc1Nc1ccccc1-2.ClCCl. The fourth-order valence-electron chi connectivity index (χ4n) is 11.9. The van der Waals surface area contributed by atoms with Crippen molar-refractivity contribution < 1.29 is 18.3 Å². The second-order valence-electron chi connectivity index (χ2n) is 22.7. The topological polar surface area (TPSA) is 150 Å². The van der Waals surface area contributed by atoms with Crippen LogP contribution in [-0.2, 0) is 15.8 Å². The van der Waals surface area contributed by atoms with Gasteiger partial charge in [-0.3, -0.25) is 9.13 Å². The van der Waals surface area contributed by atoms with Crippen LogP contribution in [0, 0.1) is 25.5 Å². The largest absolute Gasteiger partial charge is 0.444 e. The summed E-state index contributed by atoms with van der Waals surface area (Å²) in [6.07, 6.45) is 7.79. The van der Waals surface area contributed by atoms with Crippen molar-refractivity contribution in [3.63, 3.8) is 0 Å². The van der Waals surface area contributed by atoms with Crippen molar-refractivity contribution in [2.45, 2.75) is 89.8 Å². The number of rotatable bonds is 7. The summed E-state index contributed by atoms with van der Waals surface area (Å²) in [4.78, 5) is 32.6. The number of pyridine rings is 2. The number of para-hydroxylation sites is 2. The fraction of sp³-hybridized carbons (Fsp3) is 0.221. The highest BCUT2D eigenvalue weighted by molar-refractivity contribution is 6.40. The first kappa shape index (κ1) is 55.8. The number of imidazole rings is 2. The van der Waals surface area contributed by atoms with Crippen LogP contribution in [0.3, 0.4) is 0 Å². The van der Waals surface area contributed by atoms with Gasteiger partial charge in [-0.15, -0.1) is 23.2 Å². The lowest BCUT2D eigenvalue weighted by atomic mass is 9.71. The normalized spacial score (nSPS) is 14.5. The summed E-state index contributed by atoms with van der Waals surface area (Å²) >= 11 is 9.53. The average molecular weight is 1160 g/mol. The van der Waals surface area contributed by atoms with E-state index in [1.54, 1.807) is 30.6 Å². The quantitative estimate of drug-likeness (QED) is 0.114. The molecule has 6 heterocycles. The third kappa shape index (κ3) is 10.3. The van der Waals surface area contributed by atoms with E-state index in [2.05, 4.69) is 73.2 Å². The van der Waals surface area contributed by atoms with E-state index in [4.69, 9.17) is 43.6 Å². The number of nitrogens with two attached hydrogens (primary N) is 1. The predicted molar refractivity (Wildman–Crippen MR) is 332 cm³/mol. The number of anilines is 4. The number of fused-ring (bicyclic) bond motifs is 10. The molecule has 0 saturated heterocycles. The lowest BCUT2D eigenvalue weighted by Gasteiger charge is -2.43. The van der Waals surface area contributed by atoms with Gasteiger partial charge in [-0.2, -0.15) is 0 Å². The van der Waals surface area contributed by atoms with Gasteiger partial charge in [-0.25, -0.2) is 33.5 Å². The van der Waals surface area contributed by atoms with E-state index in [9.17, 15) is 4.79 Å². The molecule has 84 heavy (non-hydrogen) atoms. The molecule has 0 atom stereocenters. The summed E-state index contributed by atoms with van der Waals surface area (Å²) in [5.41, 5.74) is 19.6. The number of halogens is 4. The van der Waals surface area contributed by atoms with Crippen LogP contribution in [-0.4, -0.2) is 46.1 Å². The van der Waals surface area contributed by atoms with Crippen LogP contribution in [0.2, 0.25) is 0 Å². The molecule has 12 nitrogen and oxygen atoms in total.